The third kappa shape index (κ3) is 2.97. The Bertz CT molecular complexity index is 796. The highest BCUT2D eigenvalue weighted by atomic mass is 32.1. The number of carbonyl (C=O) groups is 1. The van der Waals surface area contributed by atoms with Gasteiger partial charge in [0.05, 0.1) is 17.0 Å². The van der Waals surface area contributed by atoms with Crippen molar-refractivity contribution in [2.45, 2.75) is 58.4 Å². The molecule has 2 aromatic rings. The first-order chi connectivity index (χ1) is 12.5. The SMILES string of the molecule is Cc1nc(-c2c(C)noc2C)sc1C(=O)NCCC12CCCN1CCC2. The number of amides is 1. The molecule has 2 aliphatic heterocycles. The molecule has 140 valence electrons. The Morgan fingerprint density at radius 3 is 2.62 bits per heavy atom. The van der Waals surface area contributed by atoms with Gasteiger partial charge < -0.3 is 9.84 Å². The monoisotopic (exact) mass is 374 g/mol. The van der Waals surface area contributed by atoms with Crippen LogP contribution in [0.2, 0.25) is 0 Å². The highest BCUT2D eigenvalue weighted by molar-refractivity contribution is 7.17. The molecule has 0 aliphatic carbocycles. The molecule has 2 aromatic heterocycles. The van der Waals surface area contributed by atoms with E-state index in [-0.39, 0.29) is 5.91 Å². The van der Waals surface area contributed by atoms with Crippen molar-refractivity contribution in [3.8, 4) is 10.6 Å². The average molecular weight is 375 g/mol. The Morgan fingerprint density at radius 2 is 1.96 bits per heavy atom. The molecule has 2 saturated heterocycles. The third-order valence-corrected chi connectivity index (χ3v) is 7.11. The topological polar surface area (TPSA) is 71.3 Å². The first-order valence-electron chi connectivity index (χ1n) is 9.44. The van der Waals surface area contributed by atoms with E-state index in [9.17, 15) is 4.79 Å². The van der Waals surface area contributed by atoms with E-state index in [2.05, 4.69) is 20.4 Å². The zero-order valence-corrected chi connectivity index (χ0v) is 16.5. The van der Waals surface area contributed by atoms with Crippen LogP contribution in [0.4, 0.5) is 0 Å². The molecule has 4 rings (SSSR count). The highest BCUT2D eigenvalue weighted by Crippen LogP contribution is 2.41. The molecule has 0 spiro atoms. The van der Waals surface area contributed by atoms with Gasteiger partial charge in [-0.15, -0.1) is 11.3 Å². The van der Waals surface area contributed by atoms with Crippen molar-refractivity contribution in [3.05, 3.63) is 22.0 Å². The average Bonchev–Trinajstić information content (AvgIpc) is 3.32. The van der Waals surface area contributed by atoms with E-state index >= 15 is 0 Å². The predicted molar refractivity (Wildman–Crippen MR) is 102 cm³/mol. The Hall–Kier alpha value is -1.73. The van der Waals surface area contributed by atoms with Crippen molar-refractivity contribution in [2.75, 3.05) is 19.6 Å². The summed E-state index contributed by atoms with van der Waals surface area (Å²) in [6, 6.07) is 0. The molecule has 0 radical (unpaired) electrons. The van der Waals surface area contributed by atoms with Gasteiger partial charge in [-0.2, -0.15) is 0 Å². The Balaban J connectivity index is 1.42. The Morgan fingerprint density at radius 1 is 1.23 bits per heavy atom. The summed E-state index contributed by atoms with van der Waals surface area (Å²) in [6.07, 6.45) is 6.19. The molecule has 1 N–H and O–H groups in total. The van der Waals surface area contributed by atoms with Crippen LogP contribution >= 0.6 is 11.3 Å². The van der Waals surface area contributed by atoms with Crippen LogP contribution in [0.1, 0.15) is 58.9 Å². The number of hydrogen-bond acceptors (Lipinski definition) is 6. The number of aryl methyl sites for hydroxylation is 3. The van der Waals surface area contributed by atoms with Gasteiger partial charge in [0.1, 0.15) is 15.6 Å². The lowest BCUT2D eigenvalue weighted by Gasteiger charge is -2.32. The number of nitrogens with zero attached hydrogens (tertiary/aromatic N) is 3. The smallest absolute Gasteiger partial charge is 0.263 e. The molecule has 2 aliphatic rings. The van der Waals surface area contributed by atoms with Crippen LogP contribution in [-0.4, -0.2) is 46.1 Å². The number of aromatic nitrogens is 2. The lowest BCUT2D eigenvalue weighted by Crippen LogP contribution is -2.41. The quantitative estimate of drug-likeness (QED) is 0.868. The second-order valence-electron chi connectivity index (χ2n) is 7.56. The Labute approximate surface area is 158 Å². The van der Waals surface area contributed by atoms with Gasteiger partial charge in [-0.05, 0) is 66.0 Å². The van der Waals surface area contributed by atoms with Gasteiger partial charge in [0.2, 0.25) is 0 Å². The van der Waals surface area contributed by atoms with Crippen LogP contribution < -0.4 is 5.32 Å². The number of rotatable bonds is 5. The summed E-state index contributed by atoms with van der Waals surface area (Å²) in [5, 5.41) is 7.92. The number of carbonyl (C=O) groups excluding carboxylic acids is 1. The van der Waals surface area contributed by atoms with Gasteiger partial charge in [0, 0.05) is 12.1 Å². The highest BCUT2D eigenvalue weighted by Gasteiger charge is 2.43. The zero-order valence-electron chi connectivity index (χ0n) is 15.7. The predicted octanol–water partition coefficient (Wildman–Crippen LogP) is 3.47. The molecule has 2 fully saturated rings. The molecule has 4 heterocycles. The summed E-state index contributed by atoms with van der Waals surface area (Å²) in [5.41, 5.74) is 2.83. The normalized spacial score (nSPS) is 19.0. The molecule has 26 heavy (non-hydrogen) atoms. The number of nitrogens with one attached hydrogen (secondary N) is 1. The number of hydrogen-bond donors (Lipinski definition) is 1. The maximum atomic E-state index is 12.7. The fourth-order valence-electron chi connectivity index (χ4n) is 4.62. The van der Waals surface area contributed by atoms with Crippen LogP contribution in [0.15, 0.2) is 4.52 Å². The summed E-state index contributed by atoms with van der Waals surface area (Å²) in [5.74, 6) is 0.724. The molecule has 0 aromatic carbocycles. The number of thiazole rings is 1. The minimum absolute atomic E-state index is 0.0167. The van der Waals surface area contributed by atoms with Gasteiger partial charge in [-0.3, -0.25) is 9.69 Å². The fraction of sp³-hybridized carbons (Fsp3) is 0.632. The lowest BCUT2D eigenvalue weighted by atomic mass is 9.90. The van der Waals surface area contributed by atoms with E-state index in [0.717, 1.165) is 40.7 Å². The molecular weight excluding hydrogens is 348 g/mol. The van der Waals surface area contributed by atoms with E-state index in [4.69, 9.17) is 4.52 Å². The van der Waals surface area contributed by atoms with E-state index in [0.29, 0.717) is 10.4 Å². The molecule has 0 atom stereocenters. The second-order valence-corrected chi connectivity index (χ2v) is 8.56. The lowest BCUT2D eigenvalue weighted by molar-refractivity contribution is 0.0946. The van der Waals surface area contributed by atoms with Gasteiger partial charge >= 0.3 is 0 Å². The third-order valence-electron chi connectivity index (χ3n) is 5.94. The van der Waals surface area contributed by atoms with Crippen LogP contribution in [0.5, 0.6) is 0 Å². The summed E-state index contributed by atoms with van der Waals surface area (Å²) in [4.78, 5) is 20.6. The minimum Gasteiger partial charge on any atom is -0.361 e. The van der Waals surface area contributed by atoms with E-state index in [1.807, 2.05) is 20.8 Å². The molecule has 1 amide bonds. The van der Waals surface area contributed by atoms with Crippen LogP contribution in [0.25, 0.3) is 10.6 Å². The summed E-state index contributed by atoms with van der Waals surface area (Å²) < 4.78 is 5.23. The van der Waals surface area contributed by atoms with Crippen molar-refractivity contribution >= 4 is 17.2 Å². The Kier molecular flexibility index (Phi) is 4.61. The first kappa shape index (κ1) is 17.7. The van der Waals surface area contributed by atoms with E-state index < -0.39 is 0 Å². The van der Waals surface area contributed by atoms with Crippen LogP contribution in [-0.2, 0) is 0 Å². The summed E-state index contributed by atoms with van der Waals surface area (Å²) >= 11 is 1.42. The molecule has 0 unspecified atom stereocenters. The van der Waals surface area contributed by atoms with Crippen molar-refractivity contribution in [1.82, 2.24) is 20.4 Å². The summed E-state index contributed by atoms with van der Waals surface area (Å²) in [7, 11) is 0. The van der Waals surface area contributed by atoms with E-state index in [1.165, 1.54) is 50.1 Å². The van der Waals surface area contributed by atoms with Gasteiger partial charge in [-0.1, -0.05) is 5.16 Å². The molecule has 0 bridgehead atoms. The van der Waals surface area contributed by atoms with Crippen molar-refractivity contribution < 1.29 is 9.32 Å². The van der Waals surface area contributed by atoms with Crippen LogP contribution in [0, 0.1) is 20.8 Å². The van der Waals surface area contributed by atoms with Crippen LogP contribution in [0.3, 0.4) is 0 Å². The molecular formula is C19H26N4O2S. The minimum atomic E-state index is -0.0167. The first-order valence-corrected chi connectivity index (χ1v) is 10.3. The van der Waals surface area contributed by atoms with Crippen molar-refractivity contribution in [3.63, 3.8) is 0 Å². The maximum absolute atomic E-state index is 12.7. The zero-order chi connectivity index (χ0) is 18.3. The van der Waals surface area contributed by atoms with Gasteiger partial charge in [0.15, 0.2) is 0 Å². The molecule has 7 heteroatoms. The van der Waals surface area contributed by atoms with Crippen molar-refractivity contribution in [2.24, 2.45) is 0 Å². The number of fused-ring (bicyclic) bond motifs is 1. The standard InChI is InChI=1S/C19H26N4O2S/c1-12-15(14(3)25-22-12)18-21-13(2)16(26-18)17(24)20-9-8-19-6-4-10-23(19)11-5-7-19/h4-11H2,1-3H3,(H,20,24). The largest absolute Gasteiger partial charge is 0.361 e. The fourth-order valence-corrected chi connectivity index (χ4v) is 5.75. The summed E-state index contributed by atoms with van der Waals surface area (Å²) in [6.45, 7) is 8.84. The van der Waals surface area contributed by atoms with E-state index in [1.54, 1.807) is 0 Å². The van der Waals surface area contributed by atoms with Gasteiger partial charge in [-0.25, -0.2) is 4.98 Å². The molecule has 6 nitrogen and oxygen atoms in total. The van der Waals surface area contributed by atoms with Crippen molar-refractivity contribution in [1.29, 1.82) is 0 Å². The molecule has 0 saturated carbocycles. The second kappa shape index (κ2) is 6.78. The maximum Gasteiger partial charge on any atom is 0.263 e. The van der Waals surface area contributed by atoms with Gasteiger partial charge in [0.25, 0.3) is 5.91 Å².